The van der Waals surface area contributed by atoms with Crippen molar-refractivity contribution in [3.8, 4) is 0 Å². The zero-order valence-corrected chi connectivity index (χ0v) is 12.1. The molecule has 0 unspecified atom stereocenters. The van der Waals surface area contributed by atoms with E-state index in [0.29, 0.717) is 17.5 Å². The number of nitrogens with zero attached hydrogens (tertiary/aromatic N) is 3. The van der Waals surface area contributed by atoms with Crippen molar-refractivity contribution in [3.63, 3.8) is 0 Å². The molecule has 2 aromatic rings. The Morgan fingerprint density at radius 3 is 2.74 bits per heavy atom. The molecule has 1 aromatic heterocycles. The van der Waals surface area contributed by atoms with E-state index in [2.05, 4.69) is 40.2 Å². The summed E-state index contributed by atoms with van der Waals surface area (Å²) in [5, 5.41) is 3.20. The minimum absolute atomic E-state index is 0.242. The van der Waals surface area contributed by atoms with Crippen LogP contribution in [0.5, 0.6) is 0 Å². The Kier molecular flexibility index (Phi) is 4.21. The smallest absolute Gasteiger partial charge is 0.232 e. The molecule has 19 heavy (non-hydrogen) atoms. The molecule has 0 fully saturated rings. The second kappa shape index (κ2) is 5.88. The van der Waals surface area contributed by atoms with E-state index >= 15 is 0 Å². The summed E-state index contributed by atoms with van der Waals surface area (Å²) in [6, 6.07) is 6.07. The van der Waals surface area contributed by atoms with Crippen molar-refractivity contribution in [2.24, 2.45) is 0 Å². The van der Waals surface area contributed by atoms with E-state index in [1.54, 1.807) is 11.8 Å². The first kappa shape index (κ1) is 13.6. The Morgan fingerprint density at radius 2 is 2.00 bits per heavy atom. The van der Waals surface area contributed by atoms with Crippen molar-refractivity contribution in [1.29, 1.82) is 0 Å². The molecule has 0 aliphatic rings. The van der Waals surface area contributed by atoms with E-state index in [9.17, 15) is 0 Å². The predicted octanol–water partition coefficient (Wildman–Crippen LogP) is 2.68. The summed E-state index contributed by atoms with van der Waals surface area (Å²) >= 11 is 1.65. The van der Waals surface area contributed by atoms with Crippen LogP contribution in [0.1, 0.15) is 17.0 Å². The van der Waals surface area contributed by atoms with Crippen LogP contribution in [0.25, 0.3) is 0 Å². The molecule has 1 aromatic carbocycles. The monoisotopic (exact) mass is 275 g/mol. The lowest BCUT2D eigenvalue weighted by Crippen LogP contribution is -2.07. The molecule has 6 heteroatoms. The molecule has 2 rings (SSSR count). The fourth-order valence-electron chi connectivity index (χ4n) is 1.69. The van der Waals surface area contributed by atoms with Crippen molar-refractivity contribution >= 4 is 29.3 Å². The first-order valence-electron chi connectivity index (χ1n) is 5.92. The van der Waals surface area contributed by atoms with Gasteiger partial charge >= 0.3 is 0 Å². The van der Waals surface area contributed by atoms with Crippen LogP contribution in [0, 0.1) is 13.8 Å². The fraction of sp³-hybridized carbons (Fsp3) is 0.308. The maximum absolute atomic E-state index is 5.70. The molecule has 0 aliphatic carbocycles. The summed E-state index contributed by atoms with van der Waals surface area (Å²) in [5.74, 6) is 2.14. The molecule has 0 spiro atoms. The minimum atomic E-state index is 0.242. The van der Waals surface area contributed by atoms with Crippen LogP contribution in [-0.2, 0) is 5.75 Å². The summed E-state index contributed by atoms with van der Waals surface area (Å²) in [6.07, 6.45) is 2.00. The van der Waals surface area contributed by atoms with Crippen LogP contribution in [0.15, 0.2) is 18.2 Å². The second-order valence-electron chi connectivity index (χ2n) is 4.24. The predicted molar refractivity (Wildman–Crippen MR) is 80.7 cm³/mol. The number of anilines is 3. The molecule has 0 radical (unpaired) electrons. The first-order chi connectivity index (χ1) is 9.10. The topological polar surface area (TPSA) is 76.7 Å². The number of hydrogen-bond donors (Lipinski definition) is 2. The highest BCUT2D eigenvalue weighted by molar-refractivity contribution is 7.97. The minimum Gasteiger partial charge on any atom is -0.368 e. The van der Waals surface area contributed by atoms with E-state index in [0.717, 1.165) is 5.69 Å². The molecule has 0 amide bonds. The summed E-state index contributed by atoms with van der Waals surface area (Å²) < 4.78 is 0. The number of benzene rings is 1. The zero-order valence-electron chi connectivity index (χ0n) is 11.3. The Hall–Kier alpha value is -1.82. The lowest BCUT2D eigenvalue weighted by Gasteiger charge is -2.10. The third-order valence-corrected chi connectivity index (χ3v) is 3.37. The molecule has 0 bridgehead atoms. The summed E-state index contributed by atoms with van der Waals surface area (Å²) in [4.78, 5) is 12.6. The Bertz CT molecular complexity index is 585. The van der Waals surface area contributed by atoms with Gasteiger partial charge in [0.1, 0.15) is 5.82 Å². The molecule has 0 aliphatic heterocycles. The maximum atomic E-state index is 5.70. The molecular weight excluding hydrogens is 258 g/mol. The van der Waals surface area contributed by atoms with Crippen molar-refractivity contribution < 1.29 is 0 Å². The van der Waals surface area contributed by atoms with Crippen LogP contribution in [-0.4, -0.2) is 21.2 Å². The van der Waals surface area contributed by atoms with E-state index in [-0.39, 0.29) is 5.95 Å². The van der Waals surface area contributed by atoms with Gasteiger partial charge in [-0.2, -0.15) is 26.7 Å². The van der Waals surface area contributed by atoms with Crippen molar-refractivity contribution in [1.82, 2.24) is 15.0 Å². The highest BCUT2D eigenvalue weighted by Gasteiger charge is 2.06. The lowest BCUT2D eigenvalue weighted by atomic mass is 10.1. The average molecular weight is 275 g/mol. The first-order valence-corrected chi connectivity index (χ1v) is 7.32. The number of rotatable bonds is 4. The fourth-order valence-corrected chi connectivity index (χ4v) is 2.08. The lowest BCUT2D eigenvalue weighted by molar-refractivity contribution is 0.982. The van der Waals surface area contributed by atoms with Gasteiger partial charge in [-0.05, 0) is 37.3 Å². The molecule has 0 saturated heterocycles. The van der Waals surface area contributed by atoms with E-state index in [4.69, 9.17) is 5.73 Å². The van der Waals surface area contributed by atoms with Crippen molar-refractivity contribution in [2.45, 2.75) is 19.6 Å². The van der Waals surface area contributed by atoms with Gasteiger partial charge in [0, 0.05) is 5.69 Å². The highest BCUT2D eigenvalue weighted by atomic mass is 32.2. The van der Waals surface area contributed by atoms with E-state index in [1.165, 1.54) is 11.1 Å². The summed E-state index contributed by atoms with van der Waals surface area (Å²) in [7, 11) is 0. The van der Waals surface area contributed by atoms with Crippen LogP contribution in [0.4, 0.5) is 17.6 Å². The van der Waals surface area contributed by atoms with Crippen LogP contribution < -0.4 is 11.1 Å². The van der Waals surface area contributed by atoms with E-state index < -0.39 is 0 Å². The van der Waals surface area contributed by atoms with Gasteiger partial charge in [0.25, 0.3) is 0 Å². The normalized spacial score (nSPS) is 10.5. The van der Waals surface area contributed by atoms with Gasteiger partial charge in [-0.25, -0.2) is 0 Å². The quantitative estimate of drug-likeness (QED) is 0.893. The third-order valence-electron chi connectivity index (χ3n) is 2.82. The van der Waals surface area contributed by atoms with Gasteiger partial charge < -0.3 is 11.1 Å². The Labute approximate surface area is 117 Å². The molecule has 1 heterocycles. The van der Waals surface area contributed by atoms with Gasteiger partial charge in [-0.1, -0.05) is 12.1 Å². The van der Waals surface area contributed by atoms with Gasteiger partial charge in [-0.3, -0.25) is 0 Å². The Morgan fingerprint density at radius 1 is 1.21 bits per heavy atom. The SMILES string of the molecule is CSCc1nc(N)nc(Nc2cccc(C)c2C)n1. The number of hydrogen-bond acceptors (Lipinski definition) is 6. The van der Waals surface area contributed by atoms with Gasteiger partial charge in [0.05, 0.1) is 5.75 Å². The molecule has 100 valence electrons. The largest absolute Gasteiger partial charge is 0.368 e. The number of nitrogens with one attached hydrogen (secondary N) is 1. The van der Waals surface area contributed by atoms with Crippen molar-refractivity contribution in [3.05, 3.63) is 35.2 Å². The number of nitrogen functional groups attached to an aromatic ring is 1. The summed E-state index contributed by atoms with van der Waals surface area (Å²) in [6.45, 7) is 4.13. The van der Waals surface area contributed by atoms with Crippen molar-refractivity contribution in [2.75, 3.05) is 17.3 Å². The molecule has 0 saturated carbocycles. The number of nitrogens with two attached hydrogens (primary N) is 1. The zero-order chi connectivity index (χ0) is 13.8. The number of thioether (sulfide) groups is 1. The standard InChI is InChI=1S/C13H17N5S/c1-8-5-4-6-10(9(8)2)15-13-17-11(7-19-3)16-12(14)18-13/h4-6H,7H2,1-3H3,(H3,14,15,16,17,18). The molecule has 0 atom stereocenters. The maximum Gasteiger partial charge on any atom is 0.232 e. The van der Waals surface area contributed by atoms with Crippen LogP contribution in [0.2, 0.25) is 0 Å². The third kappa shape index (κ3) is 3.35. The van der Waals surface area contributed by atoms with E-state index in [1.807, 2.05) is 18.4 Å². The van der Waals surface area contributed by atoms with Crippen LogP contribution in [0.3, 0.4) is 0 Å². The summed E-state index contributed by atoms with van der Waals surface area (Å²) in [5.41, 5.74) is 9.08. The molecular formula is C13H17N5S. The number of aryl methyl sites for hydroxylation is 1. The number of aromatic nitrogens is 3. The second-order valence-corrected chi connectivity index (χ2v) is 5.10. The van der Waals surface area contributed by atoms with Gasteiger partial charge in [-0.15, -0.1) is 0 Å². The molecule has 5 nitrogen and oxygen atoms in total. The highest BCUT2D eigenvalue weighted by Crippen LogP contribution is 2.21. The molecule has 3 N–H and O–H groups in total. The van der Waals surface area contributed by atoms with Crippen LogP contribution >= 0.6 is 11.8 Å². The Balaban J connectivity index is 2.30. The average Bonchev–Trinajstić information content (AvgIpc) is 2.35. The van der Waals surface area contributed by atoms with Gasteiger partial charge in [0.15, 0.2) is 0 Å². The van der Waals surface area contributed by atoms with Gasteiger partial charge in [0.2, 0.25) is 11.9 Å².